The molecule has 0 aromatic carbocycles. The Bertz CT molecular complexity index is 356. The normalized spacial score (nSPS) is 22.1. The molecule has 1 aromatic rings. The fourth-order valence-electron chi connectivity index (χ4n) is 2.10. The van der Waals surface area contributed by atoms with Crippen LogP contribution in [0, 0.1) is 0 Å². The van der Waals surface area contributed by atoms with Crippen molar-refractivity contribution in [3.63, 3.8) is 0 Å². The zero-order valence-electron chi connectivity index (χ0n) is 8.72. The van der Waals surface area contributed by atoms with Crippen LogP contribution in [0.25, 0.3) is 0 Å². The average Bonchev–Trinajstić information content (AvgIpc) is 2.29. The number of piperidine rings is 1. The smallest absolute Gasteiger partial charge is 0.316 e. The Balaban J connectivity index is 2.32. The molecule has 0 saturated carbocycles. The van der Waals surface area contributed by atoms with Crippen LogP contribution in [0.2, 0.25) is 0 Å². The van der Waals surface area contributed by atoms with Gasteiger partial charge in [-0.15, -0.1) is 0 Å². The molecule has 1 unspecified atom stereocenters. The zero-order chi connectivity index (χ0) is 11.6. The summed E-state index contributed by atoms with van der Waals surface area (Å²) in [7, 11) is 0. The Hall–Kier alpha value is -1.10. The minimum absolute atomic E-state index is 0.0703. The maximum atomic E-state index is 12.7. The maximum Gasteiger partial charge on any atom is 0.433 e. The summed E-state index contributed by atoms with van der Waals surface area (Å²) >= 11 is 0. The molecule has 0 amide bonds. The maximum absolute atomic E-state index is 12.7. The average molecular weight is 230 g/mol. The first-order valence-electron chi connectivity index (χ1n) is 5.32. The number of alkyl halides is 3. The summed E-state index contributed by atoms with van der Waals surface area (Å²) < 4.78 is 38.2. The molecule has 0 aliphatic carbocycles. The standard InChI is InChI=1S/C11H13F3N2/c12-11(13,14)10-9(4-2-6-16-10)8-3-1-5-15-7-8/h2,4,6,8,15H,1,3,5,7H2. The molecule has 1 saturated heterocycles. The van der Waals surface area contributed by atoms with Gasteiger partial charge in [0.05, 0.1) is 0 Å². The van der Waals surface area contributed by atoms with Gasteiger partial charge in [0.2, 0.25) is 0 Å². The van der Waals surface area contributed by atoms with Crippen LogP contribution in [0.5, 0.6) is 0 Å². The SMILES string of the molecule is FC(F)(F)c1ncccc1C1CCCNC1. The summed E-state index contributed by atoms with van der Waals surface area (Å²) in [5, 5.41) is 3.12. The zero-order valence-corrected chi connectivity index (χ0v) is 8.72. The Labute approximate surface area is 91.9 Å². The first-order valence-corrected chi connectivity index (χ1v) is 5.32. The highest BCUT2D eigenvalue weighted by molar-refractivity contribution is 5.27. The highest BCUT2D eigenvalue weighted by Crippen LogP contribution is 2.35. The van der Waals surface area contributed by atoms with E-state index in [0.717, 1.165) is 19.4 Å². The Kier molecular flexibility index (Phi) is 3.14. The van der Waals surface area contributed by atoms with Crippen molar-refractivity contribution in [3.05, 3.63) is 29.6 Å². The molecule has 1 atom stereocenters. The summed E-state index contributed by atoms with van der Waals surface area (Å²) in [4.78, 5) is 3.47. The summed E-state index contributed by atoms with van der Waals surface area (Å²) in [5.74, 6) is -0.0703. The van der Waals surface area contributed by atoms with Crippen LogP contribution < -0.4 is 5.32 Å². The lowest BCUT2D eigenvalue weighted by Crippen LogP contribution is -2.30. The molecule has 1 aromatic heterocycles. The predicted molar refractivity (Wildman–Crippen MR) is 54.1 cm³/mol. The van der Waals surface area contributed by atoms with E-state index in [1.54, 1.807) is 6.07 Å². The number of nitrogens with one attached hydrogen (secondary N) is 1. The molecule has 1 aliphatic heterocycles. The lowest BCUT2D eigenvalue weighted by atomic mass is 9.90. The summed E-state index contributed by atoms with van der Waals surface area (Å²) in [6.45, 7) is 1.49. The van der Waals surface area contributed by atoms with E-state index in [1.165, 1.54) is 12.3 Å². The first-order chi connectivity index (χ1) is 7.59. The fourth-order valence-corrected chi connectivity index (χ4v) is 2.10. The van der Waals surface area contributed by atoms with E-state index in [2.05, 4.69) is 10.3 Å². The third-order valence-corrected chi connectivity index (χ3v) is 2.84. The van der Waals surface area contributed by atoms with Crippen LogP contribution >= 0.6 is 0 Å². The summed E-state index contributed by atoms with van der Waals surface area (Å²) in [6, 6.07) is 3.10. The van der Waals surface area contributed by atoms with Gasteiger partial charge >= 0.3 is 6.18 Å². The third kappa shape index (κ3) is 2.35. The fraction of sp³-hybridized carbons (Fsp3) is 0.545. The molecule has 5 heteroatoms. The highest BCUT2D eigenvalue weighted by Gasteiger charge is 2.36. The van der Waals surface area contributed by atoms with E-state index in [9.17, 15) is 13.2 Å². The number of nitrogens with zero attached hydrogens (tertiary/aromatic N) is 1. The molecular weight excluding hydrogens is 217 g/mol. The van der Waals surface area contributed by atoms with Gasteiger partial charge in [-0.2, -0.15) is 13.2 Å². The van der Waals surface area contributed by atoms with Gasteiger partial charge < -0.3 is 5.32 Å². The van der Waals surface area contributed by atoms with Crippen molar-refractivity contribution < 1.29 is 13.2 Å². The molecule has 2 heterocycles. The van der Waals surface area contributed by atoms with Crippen LogP contribution in [0.1, 0.15) is 30.0 Å². The molecule has 0 bridgehead atoms. The van der Waals surface area contributed by atoms with Gasteiger partial charge in [-0.25, -0.2) is 0 Å². The molecule has 0 radical (unpaired) electrons. The van der Waals surface area contributed by atoms with Gasteiger partial charge in [-0.1, -0.05) is 6.07 Å². The van der Waals surface area contributed by atoms with Crippen LogP contribution in [0.4, 0.5) is 13.2 Å². The van der Waals surface area contributed by atoms with Crippen molar-refractivity contribution in [2.75, 3.05) is 13.1 Å². The molecule has 1 aliphatic rings. The summed E-state index contributed by atoms with van der Waals surface area (Å²) in [6.07, 6.45) is -1.45. The number of rotatable bonds is 1. The molecule has 2 rings (SSSR count). The second-order valence-corrected chi connectivity index (χ2v) is 3.98. The monoisotopic (exact) mass is 230 g/mol. The van der Waals surface area contributed by atoms with Crippen LogP contribution in [0.15, 0.2) is 18.3 Å². The van der Waals surface area contributed by atoms with Crippen molar-refractivity contribution in [1.29, 1.82) is 0 Å². The lowest BCUT2D eigenvalue weighted by Gasteiger charge is -2.25. The highest BCUT2D eigenvalue weighted by atomic mass is 19.4. The Morgan fingerprint density at radius 3 is 2.81 bits per heavy atom. The third-order valence-electron chi connectivity index (χ3n) is 2.84. The molecule has 1 fully saturated rings. The van der Waals surface area contributed by atoms with Crippen molar-refractivity contribution in [2.24, 2.45) is 0 Å². The van der Waals surface area contributed by atoms with Crippen LogP contribution in [-0.4, -0.2) is 18.1 Å². The van der Waals surface area contributed by atoms with Crippen LogP contribution in [0.3, 0.4) is 0 Å². The Morgan fingerprint density at radius 1 is 1.38 bits per heavy atom. The molecule has 2 nitrogen and oxygen atoms in total. The van der Waals surface area contributed by atoms with Crippen molar-refractivity contribution in [3.8, 4) is 0 Å². The minimum atomic E-state index is -4.35. The van der Waals surface area contributed by atoms with Crippen molar-refractivity contribution in [1.82, 2.24) is 10.3 Å². The van der Waals surface area contributed by atoms with E-state index in [4.69, 9.17) is 0 Å². The van der Waals surface area contributed by atoms with Crippen molar-refractivity contribution in [2.45, 2.75) is 24.9 Å². The number of hydrogen-bond donors (Lipinski definition) is 1. The molecule has 0 spiro atoms. The number of hydrogen-bond acceptors (Lipinski definition) is 2. The quantitative estimate of drug-likeness (QED) is 0.802. The minimum Gasteiger partial charge on any atom is -0.316 e. The lowest BCUT2D eigenvalue weighted by molar-refractivity contribution is -0.142. The van der Waals surface area contributed by atoms with Gasteiger partial charge in [0.25, 0.3) is 0 Å². The second-order valence-electron chi connectivity index (χ2n) is 3.98. The van der Waals surface area contributed by atoms with Gasteiger partial charge in [0.15, 0.2) is 0 Å². The molecule has 1 N–H and O–H groups in total. The van der Waals surface area contributed by atoms with Crippen LogP contribution in [-0.2, 0) is 6.18 Å². The largest absolute Gasteiger partial charge is 0.433 e. The number of aromatic nitrogens is 1. The summed E-state index contributed by atoms with van der Waals surface area (Å²) in [5.41, 5.74) is -0.411. The molecule has 88 valence electrons. The second kappa shape index (κ2) is 4.41. The van der Waals surface area contributed by atoms with E-state index in [1.807, 2.05) is 0 Å². The van der Waals surface area contributed by atoms with Gasteiger partial charge in [-0.05, 0) is 36.9 Å². The first kappa shape index (κ1) is 11.4. The predicted octanol–water partition coefficient (Wildman–Crippen LogP) is 2.57. The topological polar surface area (TPSA) is 24.9 Å². The van der Waals surface area contributed by atoms with E-state index >= 15 is 0 Å². The van der Waals surface area contributed by atoms with Gasteiger partial charge in [0, 0.05) is 12.7 Å². The number of halogens is 3. The molecule has 16 heavy (non-hydrogen) atoms. The van der Waals surface area contributed by atoms with E-state index < -0.39 is 11.9 Å². The van der Waals surface area contributed by atoms with Gasteiger partial charge in [0.1, 0.15) is 5.69 Å². The van der Waals surface area contributed by atoms with E-state index in [0.29, 0.717) is 12.1 Å². The molecular formula is C11H13F3N2. The van der Waals surface area contributed by atoms with E-state index in [-0.39, 0.29) is 5.92 Å². The van der Waals surface area contributed by atoms with Gasteiger partial charge in [-0.3, -0.25) is 4.98 Å². The Morgan fingerprint density at radius 2 is 2.19 bits per heavy atom. The van der Waals surface area contributed by atoms with Crippen molar-refractivity contribution >= 4 is 0 Å². The number of pyridine rings is 1.